The van der Waals surface area contributed by atoms with Crippen molar-refractivity contribution in [2.75, 3.05) is 38.6 Å². The van der Waals surface area contributed by atoms with Gasteiger partial charge in [0.1, 0.15) is 6.54 Å². The highest BCUT2D eigenvalue weighted by Crippen LogP contribution is 2.27. The second kappa shape index (κ2) is 6.51. The molecule has 0 atom stereocenters. The molecule has 20 heavy (non-hydrogen) atoms. The molecule has 0 aliphatic heterocycles. The van der Waals surface area contributed by atoms with Crippen LogP contribution < -0.4 is 4.90 Å². The van der Waals surface area contributed by atoms with Crippen LogP contribution in [0.15, 0.2) is 12.1 Å². The third-order valence-corrected chi connectivity index (χ3v) is 2.41. The van der Waals surface area contributed by atoms with E-state index in [1.807, 2.05) is 4.90 Å². The average molecular weight is 292 g/mol. The molecule has 0 aliphatic carbocycles. The van der Waals surface area contributed by atoms with Crippen LogP contribution in [-0.4, -0.2) is 59.9 Å². The van der Waals surface area contributed by atoms with Gasteiger partial charge in [0.25, 0.3) is 0 Å². The van der Waals surface area contributed by atoms with Gasteiger partial charge >= 0.3 is 12.1 Å². The molecule has 1 N–H and O–H groups in total. The molecule has 0 radical (unpaired) electrons. The predicted molar refractivity (Wildman–Crippen MR) is 65.4 cm³/mol. The molecule has 0 spiro atoms. The van der Waals surface area contributed by atoms with E-state index in [4.69, 9.17) is 5.11 Å². The lowest BCUT2D eigenvalue weighted by Gasteiger charge is -2.23. The predicted octanol–water partition coefficient (Wildman–Crippen LogP) is 0.948. The Labute approximate surface area is 113 Å². The number of hydrogen-bond acceptors (Lipinski definition) is 5. The SMILES string of the molecule is CN(C)CCN(CC(=O)O)c1ccc(C(F)(F)F)nn1. The lowest BCUT2D eigenvalue weighted by atomic mass is 10.3. The average Bonchev–Trinajstić information content (AvgIpc) is 2.33. The Hall–Kier alpha value is -1.90. The molecule has 0 fully saturated rings. The zero-order valence-electron chi connectivity index (χ0n) is 11.1. The first-order chi connectivity index (χ1) is 9.20. The summed E-state index contributed by atoms with van der Waals surface area (Å²) in [7, 11) is 3.61. The van der Waals surface area contributed by atoms with Crippen molar-refractivity contribution in [3.63, 3.8) is 0 Å². The van der Waals surface area contributed by atoms with Gasteiger partial charge in [-0.25, -0.2) is 0 Å². The number of carbonyl (C=O) groups is 1. The van der Waals surface area contributed by atoms with E-state index in [2.05, 4.69) is 10.2 Å². The molecule has 0 amide bonds. The van der Waals surface area contributed by atoms with Gasteiger partial charge in [-0.3, -0.25) is 4.79 Å². The van der Waals surface area contributed by atoms with E-state index >= 15 is 0 Å². The lowest BCUT2D eigenvalue weighted by Crippen LogP contribution is -2.36. The number of carboxylic acid groups (broad SMARTS) is 1. The Morgan fingerprint density at radius 1 is 1.25 bits per heavy atom. The summed E-state index contributed by atoms with van der Waals surface area (Å²) in [5.74, 6) is -0.993. The van der Waals surface area contributed by atoms with Crippen LogP contribution in [0.1, 0.15) is 5.69 Å². The van der Waals surface area contributed by atoms with Crippen LogP contribution in [-0.2, 0) is 11.0 Å². The zero-order chi connectivity index (χ0) is 15.3. The number of aliphatic carboxylic acids is 1. The third kappa shape index (κ3) is 5.00. The highest BCUT2D eigenvalue weighted by Gasteiger charge is 2.33. The van der Waals surface area contributed by atoms with Crippen molar-refractivity contribution in [2.45, 2.75) is 6.18 Å². The fourth-order valence-electron chi connectivity index (χ4n) is 1.40. The van der Waals surface area contributed by atoms with Crippen LogP contribution in [0.5, 0.6) is 0 Å². The summed E-state index contributed by atoms with van der Waals surface area (Å²) in [6, 6.07) is 1.90. The summed E-state index contributed by atoms with van der Waals surface area (Å²) < 4.78 is 37.1. The Morgan fingerprint density at radius 3 is 2.30 bits per heavy atom. The van der Waals surface area contributed by atoms with Crippen LogP contribution >= 0.6 is 0 Å². The molecule has 6 nitrogen and oxygen atoms in total. The van der Waals surface area contributed by atoms with E-state index in [1.165, 1.54) is 4.90 Å². The maximum absolute atomic E-state index is 12.4. The van der Waals surface area contributed by atoms with Crippen molar-refractivity contribution in [1.29, 1.82) is 0 Å². The van der Waals surface area contributed by atoms with E-state index in [0.717, 1.165) is 12.1 Å². The molecule has 1 rings (SSSR count). The number of hydrogen-bond donors (Lipinski definition) is 1. The van der Waals surface area contributed by atoms with Gasteiger partial charge < -0.3 is 14.9 Å². The van der Waals surface area contributed by atoms with Crippen molar-refractivity contribution in [2.24, 2.45) is 0 Å². The van der Waals surface area contributed by atoms with E-state index in [0.29, 0.717) is 13.1 Å². The van der Waals surface area contributed by atoms with Gasteiger partial charge in [-0.05, 0) is 26.2 Å². The summed E-state index contributed by atoms with van der Waals surface area (Å²) in [6.07, 6.45) is -4.56. The molecule has 0 saturated heterocycles. The molecule has 0 aromatic carbocycles. The number of carboxylic acids is 1. The van der Waals surface area contributed by atoms with Gasteiger partial charge in [0.15, 0.2) is 11.5 Å². The fraction of sp³-hybridized carbons (Fsp3) is 0.545. The largest absolute Gasteiger partial charge is 0.480 e. The van der Waals surface area contributed by atoms with Crippen molar-refractivity contribution in [1.82, 2.24) is 15.1 Å². The molecular formula is C11H15F3N4O2. The van der Waals surface area contributed by atoms with Crippen LogP contribution in [0.4, 0.5) is 19.0 Å². The topological polar surface area (TPSA) is 69.6 Å². The van der Waals surface area contributed by atoms with Gasteiger partial charge in [0.2, 0.25) is 0 Å². The minimum Gasteiger partial charge on any atom is -0.480 e. The monoisotopic (exact) mass is 292 g/mol. The fourth-order valence-corrected chi connectivity index (χ4v) is 1.40. The van der Waals surface area contributed by atoms with Crippen LogP contribution in [0.3, 0.4) is 0 Å². The van der Waals surface area contributed by atoms with Gasteiger partial charge in [-0.2, -0.15) is 13.2 Å². The lowest BCUT2D eigenvalue weighted by molar-refractivity contribution is -0.141. The first-order valence-electron chi connectivity index (χ1n) is 5.72. The minimum absolute atomic E-state index is 0.0993. The first-order valence-corrected chi connectivity index (χ1v) is 5.72. The quantitative estimate of drug-likeness (QED) is 0.842. The Balaban J connectivity index is 2.87. The van der Waals surface area contributed by atoms with Gasteiger partial charge in [-0.1, -0.05) is 0 Å². The second-order valence-electron chi connectivity index (χ2n) is 4.39. The summed E-state index contributed by atoms with van der Waals surface area (Å²) >= 11 is 0. The van der Waals surface area contributed by atoms with E-state index in [1.54, 1.807) is 14.1 Å². The molecule has 0 aliphatic rings. The third-order valence-electron chi connectivity index (χ3n) is 2.41. The number of likely N-dealkylation sites (N-methyl/N-ethyl adjacent to an activating group) is 1. The molecular weight excluding hydrogens is 277 g/mol. The van der Waals surface area contributed by atoms with Gasteiger partial charge in [0.05, 0.1) is 0 Å². The number of nitrogens with zero attached hydrogens (tertiary/aromatic N) is 4. The first kappa shape index (κ1) is 16.2. The molecule has 0 saturated carbocycles. The molecule has 0 unspecified atom stereocenters. The van der Waals surface area contributed by atoms with Crippen molar-refractivity contribution in [3.8, 4) is 0 Å². The zero-order valence-corrected chi connectivity index (χ0v) is 11.1. The number of alkyl halides is 3. The molecule has 0 bridgehead atoms. The normalized spacial score (nSPS) is 11.7. The van der Waals surface area contributed by atoms with Crippen LogP contribution in [0.2, 0.25) is 0 Å². The van der Waals surface area contributed by atoms with Crippen molar-refractivity contribution in [3.05, 3.63) is 17.8 Å². The molecule has 9 heteroatoms. The van der Waals surface area contributed by atoms with Crippen molar-refractivity contribution >= 4 is 11.8 Å². The maximum atomic E-state index is 12.4. The highest BCUT2D eigenvalue weighted by molar-refractivity contribution is 5.73. The van der Waals surface area contributed by atoms with E-state index in [-0.39, 0.29) is 12.4 Å². The number of aromatic nitrogens is 2. The Kier molecular flexibility index (Phi) is 5.26. The standard InChI is InChI=1S/C11H15F3N4O2/c1-17(2)5-6-18(7-10(19)20)9-4-3-8(15-16-9)11(12,13)14/h3-4H,5-7H2,1-2H3,(H,19,20). The summed E-state index contributed by atoms with van der Waals surface area (Å²) in [5.41, 5.74) is -1.11. The number of rotatable bonds is 6. The smallest absolute Gasteiger partial charge is 0.435 e. The second-order valence-corrected chi connectivity index (χ2v) is 4.39. The summed E-state index contributed by atoms with van der Waals surface area (Å²) in [6.45, 7) is 0.503. The highest BCUT2D eigenvalue weighted by atomic mass is 19.4. The van der Waals surface area contributed by atoms with Gasteiger partial charge in [0, 0.05) is 13.1 Å². The Morgan fingerprint density at radius 2 is 1.90 bits per heavy atom. The number of halogens is 3. The molecule has 1 heterocycles. The van der Waals surface area contributed by atoms with E-state index < -0.39 is 17.8 Å². The van der Waals surface area contributed by atoms with Gasteiger partial charge in [-0.15, -0.1) is 10.2 Å². The number of anilines is 1. The molecule has 1 aromatic rings. The summed E-state index contributed by atoms with van der Waals surface area (Å²) in [4.78, 5) is 14.0. The van der Waals surface area contributed by atoms with Crippen molar-refractivity contribution < 1.29 is 23.1 Å². The minimum atomic E-state index is -4.56. The maximum Gasteiger partial charge on any atom is 0.435 e. The van der Waals surface area contributed by atoms with E-state index in [9.17, 15) is 18.0 Å². The summed E-state index contributed by atoms with van der Waals surface area (Å²) in [5, 5.41) is 15.3. The van der Waals surface area contributed by atoms with Crippen LogP contribution in [0, 0.1) is 0 Å². The molecule has 1 aromatic heterocycles. The van der Waals surface area contributed by atoms with Crippen LogP contribution in [0.25, 0.3) is 0 Å². The molecule has 112 valence electrons. The Bertz CT molecular complexity index is 448.